The lowest BCUT2D eigenvalue weighted by atomic mass is 9.89. The van der Waals surface area contributed by atoms with Gasteiger partial charge in [-0.25, -0.2) is 4.79 Å². The van der Waals surface area contributed by atoms with Crippen LogP contribution in [0.2, 0.25) is 0 Å². The summed E-state index contributed by atoms with van der Waals surface area (Å²) in [5.74, 6) is 0.0817. The molecule has 0 aliphatic heterocycles. The van der Waals surface area contributed by atoms with Crippen LogP contribution in [0.3, 0.4) is 0 Å². The Kier molecular flexibility index (Phi) is 3.12. The molecule has 5 nitrogen and oxygen atoms in total. The third-order valence-electron chi connectivity index (χ3n) is 3.36. The Morgan fingerprint density at radius 3 is 2.52 bits per heavy atom. The van der Waals surface area contributed by atoms with Gasteiger partial charge in [0, 0.05) is 11.1 Å². The minimum Gasteiger partial charge on any atom is -0.508 e. The van der Waals surface area contributed by atoms with E-state index in [0.29, 0.717) is 22.3 Å². The smallest absolute Gasteiger partial charge is 0.508 e. The molecule has 3 N–H and O–H groups in total. The van der Waals surface area contributed by atoms with Crippen molar-refractivity contribution in [1.82, 2.24) is 0 Å². The summed E-state index contributed by atoms with van der Waals surface area (Å²) in [5, 5.41) is 28.9. The van der Waals surface area contributed by atoms with Crippen LogP contribution in [0, 0.1) is 0 Å². The van der Waals surface area contributed by atoms with Gasteiger partial charge in [0.05, 0.1) is 0 Å². The van der Waals surface area contributed by atoms with Crippen molar-refractivity contribution in [3.05, 3.63) is 64.7 Å². The lowest BCUT2D eigenvalue weighted by Crippen LogP contribution is -2.09. The highest BCUT2D eigenvalue weighted by atomic mass is 16.7. The average molecular weight is 284 g/mol. The predicted octanol–water partition coefficient (Wildman–Crippen LogP) is 2.98. The molecule has 1 aliphatic carbocycles. The Balaban J connectivity index is 1.92. The van der Waals surface area contributed by atoms with Crippen molar-refractivity contribution in [3.8, 4) is 5.75 Å². The van der Waals surface area contributed by atoms with Crippen LogP contribution < -0.4 is 0 Å². The summed E-state index contributed by atoms with van der Waals surface area (Å²) in [7, 11) is 0. The van der Waals surface area contributed by atoms with E-state index in [1.54, 1.807) is 36.4 Å². The van der Waals surface area contributed by atoms with E-state index in [4.69, 9.17) is 5.11 Å². The molecule has 21 heavy (non-hydrogen) atoms. The Hall–Kier alpha value is -2.79. The molecule has 2 aromatic carbocycles. The van der Waals surface area contributed by atoms with Crippen LogP contribution in [0.1, 0.15) is 28.4 Å². The van der Waals surface area contributed by atoms with Gasteiger partial charge in [-0.3, -0.25) is 0 Å². The largest absolute Gasteiger partial charge is 0.511 e. The second kappa shape index (κ2) is 4.96. The van der Waals surface area contributed by atoms with Crippen molar-refractivity contribution in [1.29, 1.82) is 0 Å². The molecule has 0 fully saturated rings. The van der Waals surface area contributed by atoms with E-state index in [2.05, 4.69) is 4.74 Å². The van der Waals surface area contributed by atoms with Crippen LogP contribution in [0.25, 0.3) is 11.8 Å². The standard InChI is InChI=1S/C16H12O5/c17-13-8-11-10(7-14(11)21-16(19)20)6-12(13)15(18)9-4-2-1-3-5-9/h1-8,15,17-18H,(H,19,20). The molecule has 1 aliphatic rings. The molecule has 0 aromatic heterocycles. The van der Waals surface area contributed by atoms with Gasteiger partial charge < -0.3 is 20.1 Å². The summed E-state index contributed by atoms with van der Waals surface area (Å²) < 4.78 is 4.56. The molecule has 1 unspecified atom stereocenters. The molecule has 2 aromatic rings. The SMILES string of the molecule is O=C(O)OC1=Cc2cc(C(O)c3ccccc3)c(O)cc21. The van der Waals surface area contributed by atoms with Gasteiger partial charge in [-0.2, -0.15) is 0 Å². The highest BCUT2D eigenvalue weighted by Crippen LogP contribution is 2.40. The molecule has 5 heteroatoms. The quantitative estimate of drug-likeness (QED) is 0.754. The monoisotopic (exact) mass is 284 g/mol. The number of fused-ring (bicyclic) bond motifs is 1. The molecule has 0 spiro atoms. The number of phenolic OH excluding ortho intramolecular Hbond substituents is 1. The second-order valence-electron chi connectivity index (χ2n) is 4.69. The molecule has 0 radical (unpaired) electrons. The normalized spacial score (nSPS) is 13.7. The Morgan fingerprint density at radius 2 is 1.86 bits per heavy atom. The summed E-state index contributed by atoms with van der Waals surface area (Å²) in [6, 6.07) is 12.0. The van der Waals surface area contributed by atoms with Gasteiger partial charge in [0.1, 0.15) is 17.6 Å². The average Bonchev–Trinajstić information content (AvgIpc) is 2.47. The zero-order valence-electron chi connectivity index (χ0n) is 10.9. The molecule has 3 rings (SSSR count). The number of aliphatic hydroxyl groups is 1. The first-order valence-electron chi connectivity index (χ1n) is 6.29. The molecule has 1 atom stereocenters. The van der Waals surface area contributed by atoms with E-state index in [1.165, 1.54) is 6.07 Å². The van der Waals surface area contributed by atoms with E-state index in [0.717, 1.165) is 0 Å². The van der Waals surface area contributed by atoms with Gasteiger partial charge in [0.2, 0.25) is 0 Å². The molecule has 0 saturated heterocycles. The van der Waals surface area contributed by atoms with Gasteiger partial charge in [-0.15, -0.1) is 0 Å². The predicted molar refractivity (Wildman–Crippen MR) is 75.6 cm³/mol. The number of carboxylic acid groups (broad SMARTS) is 1. The van der Waals surface area contributed by atoms with Crippen molar-refractivity contribution in [2.75, 3.05) is 0 Å². The summed E-state index contributed by atoms with van der Waals surface area (Å²) in [6.07, 6.45) is -0.807. The van der Waals surface area contributed by atoms with E-state index >= 15 is 0 Å². The first-order chi connectivity index (χ1) is 10.1. The van der Waals surface area contributed by atoms with Gasteiger partial charge in [0.15, 0.2) is 0 Å². The second-order valence-corrected chi connectivity index (χ2v) is 4.69. The summed E-state index contributed by atoms with van der Waals surface area (Å²) in [4.78, 5) is 10.5. The number of carbonyl (C=O) groups is 1. The molecule has 0 saturated carbocycles. The Labute approximate surface area is 120 Å². The number of hydrogen-bond acceptors (Lipinski definition) is 4. The number of aliphatic hydroxyl groups excluding tert-OH is 1. The molecule has 0 bridgehead atoms. The number of rotatable bonds is 3. The molecular formula is C16H12O5. The topological polar surface area (TPSA) is 87.0 Å². The molecule has 0 heterocycles. The minimum atomic E-state index is -1.40. The maximum absolute atomic E-state index is 10.5. The number of benzene rings is 2. The van der Waals surface area contributed by atoms with E-state index in [-0.39, 0.29) is 11.5 Å². The number of phenols is 1. The van der Waals surface area contributed by atoms with Gasteiger partial charge >= 0.3 is 6.16 Å². The number of hydrogen-bond donors (Lipinski definition) is 3. The number of ether oxygens (including phenoxy) is 1. The maximum Gasteiger partial charge on any atom is 0.511 e. The van der Waals surface area contributed by atoms with Crippen LogP contribution >= 0.6 is 0 Å². The van der Waals surface area contributed by atoms with Gasteiger partial charge in [0.25, 0.3) is 0 Å². The van der Waals surface area contributed by atoms with Crippen molar-refractivity contribution < 1.29 is 24.9 Å². The first kappa shape index (κ1) is 13.2. The van der Waals surface area contributed by atoms with E-state index in [9.17, 15) is 15.0 Å². The van der Waals surface area contributed by atoms with Crippen molar-refractivity contribution in [3.63, 3.8) is 0 Å². The Morgan fingerprint density at radius 1 is 1.14 bits per heavy atom. The van der Waals surface area contributed by atoms with Gasteiger partial charge in [-0.05, 0) is 29.3 Å². The third-order valence-corrected chi connectivity index (χ3v) is 3.36. The minimum absolute atomic E-state index is 0.107. The number of aromatic hydroxyl groups is 1. The highest BCUT2D eigenvalue weighted by molar-refractivity contribution is 5.95. The highest BCUT2D eigenvalue weighted by Gasteiger charge is 2.25. The van der Waals surface area contributed by atoms with Crippen LogP contribution in [0.4, 0.5) is 4.79 Å². The van der Waals surface area contributed by atoms with E-state index in [1.807, 2.05) is 6.07 Å². The fourth-order valence-corrected chi connectivity index (χ4v) is 2.31. The summed E-state index contributed by atoms with van der Waals surface area (Å²) in [6.45, 7) is 0. The zero-order valence-corrected chi connectivity index (χ0v) is 10.9. The fourth-order valence-electron chi connectivity index (χ4n) is 2.31. The Bertz CT molecular complexity index is 734. The van der Waals surface area contributed by atoms with Gasteiger partial charge in [-0.1, -0.05) is 30.3 Å². The van der Waals surface area contributed by atoms with Crippen LogP contribution in [-0.2, 0) is 4.74 Å². The maximum atomic E-state index is 10.5. The van der Waals surface area contributed by atoms with Crippen LogP contribution in [0.5, 0.6) is 5.75 Å². The third kappa shape index (κ3) is 2.34. The molecule has 0 amide bonds. The van der Waals surface area contributed by atoms with E-state index < -0.39 is 12.3 Å². The fraction of sp³-hybridized carbons (Fsp3) is 0.0625. The lowest BCUT2D eigenvalue weighted by molar-refractivity contribution is 0.134. The van der Waals surface area contributed by atoms with Crippen molar-refractivity contribution in [2.45, 2.75) is 6.10 Å². The summed E-state index contributed by atoms with van der Waals surface area (Å²) >= 11 is 0. The molecule has 106 valence electrons. The van der Waals surface area contributed by atoms with Crippen LogP contribution in [-0.4, -0.2) is 21.5 Å². The lowest BCUT2D eigenvalue weighted by Gasteiger charge is -2.22. The zero-order chi connectivity index (χ0) is 15.0. The molecular weight excluding hydrogens is 272 g/mol. The van der Waals surface area contributed by atoms with Crippen LogP contribution in [0.15, 0.2) is 42.5 Å². The van der Waals surface area contributed by atoms with Crippen molar-refractivity contribution in [2.24, 2.45) is 0 Å². The summed E-state index contributed by atoms with van der Waals surface area (Å²) in [5.41, 5.74) is 2.26. The first-order valence-corrected chi connectivity index (χ1v) is 6.29. The van der Waals surface area contributed by atoms with Crippen molar-refractivity contribution >= 4 is 18.0 Å².